The largest absolute Gasteiger partial charge is 0.481 e. The van der Waals surface area contributed by atoms with Gasteiger partial charge in [0.15, 0.2) is 6.10 Å². The van der Waals surface area contributed by atoms with Crippen molar-refractivity contribution in [2.75, 3.05) is 0 Å². The number of rotatable bonds is 6. The fraction of sp³-hybridized carbons (Fsp3) is 0.381. The van der Waals surface area contributed by atoms with E-state index in [1.165, 1.54) is 36.1 Å². The standard InChI is InChI=1S/C21H24FNO2/c1-2-20(21(24)23-14-15-7-10-18(22)11-8-15)25-19-12-9-16-5-3-4-6-17(16)13-19/h7-13,20H,2-6,14H2,1H3,(H,23,24)/t20-/m0/s1. The molecule has 0 heterocycles. The number of fused-ring (bicyclic) bond motifs is 1. The maximum Gasteiger partial charge on any atom is 0.261 e. The van der Waals surface area contributed by atoms with Crippen LogP contribution in [0.3, 0.4) is 0 Å². The molecule has 0 aromatic heterocycles. The van der Waals surface area contributed by atoms with Gasteiger partial charge in [-0.15, -0.1) is 0 Å². The third-order valence-corrected chi connectivity index (χ3v) is 4.64. The number of amides is 1. The Labute approximate surface area is 148 Å². The van der Waals surface area contributed by atoms with E-state index in [0.717, 1.165) is 24.2 Å². The Bertz CT molecular complexity index is 727. The SMILES string of the molecule is CC[C@H](Oc1ccc2c(c1)CCCC2)C(=O)NCc1ccc(F)cc1. The van der Waals surface area contributed by atoms with E-state index < -0.39 is 6.10 Å². The number of carbonyl (C=O) groups excluding carboxylic acids is 1. The second kappa shape index (κ2) is 8.15. The first kappa shape index (κ1) is 17.5. The summed E-state index contributed by atoms with van der Waals surface area (Å²) in [6.07, 6.45) is 4.74. The number of halogens is 1. The lowest BCUT2D eigenvalue weighted by atomic mass is 9.92. The summed E-state index contributed by atoms with van der Waals surface area (Å²) in [4.78, 5) is 12.4. The van der Waals surface area contributed by atoms with Gasteiger partial charge in [0.25, 0.3) is 5.91 Å². The monoisotopic (exact) mass is 341 g/mol. The van der Waals surface area contributed by atoms with Crippen LogP contribution in [0.4, 0.5) is 4.39 Å². The molecule has 25 heavy (non-hydrogen) atoms. The van der Waals surface area contributed by atoms with Gasteiger partial charge in [-0.1, -0.05) is 25.1 Å². The van der Waals surface area contributed by atoms with Crippen molar-refractivity contribution in [1.82, 2.24) is 5.32 Å². The van der Waals surface area contributed by atoms with Crippen molar-refractivity contribution in [3.63, 3.8) is 0 Å². The second-order valence-corrected chi connectivity index (χ2v) is 6.50. The molecule has 0 aliphatic heterocycles. The molecule has 3 rings (SSSR count). The molecule has 1 aliphatic carbocycles. The lowest BCUT2D eigenvalue weighted by Crippen LogP contribution is -2.37. The molecule has 0 unspecified atom stereocenters. The number of aryl methyl sites for hydroxylation is 2. The fourth-order valence-corrected chi connectivity index (χ4v) is 3.17. The molecule has 2 aromatic carbocycles. The van der Waals surface area contributed by atoms with Crippen LogP contribution >= 0.6 is 0 Å². The zero-order valence-corrected chi connectivity index (χ0v) is 14.6. The van der Waals surface area contributed by atoms with Crippen LogP contribution in [0.2, 0.25) is 0 Å². The molecule has 1 atom stereocenters. The summed E-state index contributed by atoms with van der Waals surface area (Å²) in [7, 11) is 0. The van der Waals surface area contributed by atoms with Gasteiger partial charge in [-0.2, -0.15) is 0 Å². The average Bonchev–Trinajstić information content (AvgIpc) is 2.65. The van der Waals surface area contributed by atoms with Gasteiger partial charge in [0, 0.05) is 6.54 Å². The van der Waals surface area contributed by atoms with Crippen LogP contribution in [-0.2, 0) is 24.2 Å². The van der Waals surface area contributed by atoms with Crippen molar-refractivity contribution in [2.45, 2.75) is 51.7 Å². The Hall–Kier alpha value is -2.36. The highest BCUT2D eigenvalue weighted by Gasteiger charge is 2.19. The Balaban J connectivity index is 1.59. The smallest absolute Gasteiger partial charge is 0.261 e. The summed E-state index contributed by atoms with van der Waals surface area (Å²) < 4.78 is 18.9. The molecular weight excluding hydrogens is 317 g/mol. The number of carbonyl (C=O) groups is 1. The number of nitrogens with one attached hydrogen (secondary N) is 1. The minimum atomic E-state index is -0.526. The molecule has 0 spiro atoms. The Morgan fingerprint density at radius 2 is 1.84 bits per heavy atom. The van der Waals surface area contributed by atoms with Crippen LogP contribution in [0.1, 0.15) is 42.9 Å². The lowest BCUT2D eigenvalue weighted by Gasteiger charge is -2.20. The van der Waals surface area contributed by atoms with Gasteiger partial charge in [0.2, 0.25) is 0 Å². The molecular formula is C21H24FNO2. The first-order valence-corrected chi connectivity index (χ1v) is 8.96. The van der Waals surface area contributed by atoms with Crippen molar-refractivity contribution in [2.24, 2.45) is 0 Å². The van der Waals surface area contributed by atoms with Crippen LogP contribution in [0, 0.1) is 5.82 Å². The van der Waals surface area contributed by atoms with E-state index in [1.807, 2.05) is 13.0 Å². The van der Waals surface area contributed by atoms with Gasteiger partial charge in [-0.25, -0.2) is 4.39 Å². The second-order valence-electron chi connectivity index (χ2n) is 6.50. The van der Waals surface area contributed by atoms with Crippen LogP contribution in [0.5, 0.6) is 5.75 Å². The van der Waals surface area contributed by atoms with Crippen molar-refractivity contribution in [3.05, 3.63) is 65.0 Å². The van der Waals surface area contributed by atoms with Crippen LogP contribution < -0.4 is 10.1 Å². The maximum atomic E-state index is 12.9. The topological polar surface area (TPSA) is 38.3 Å². The van der Waals surface area contributed by atoms with Gasteiger partial charge in [-0.3, -0.25) is 4.79 Å². The lowest BCUT2D eigenvalue weighted by molar-refractivity contribution is -0.128. The van der Waals surface area contributed by atoms with Gasteiger partial charge < -0.3 is 10.1 Å². The first-order chi connectivity index (χ1) is 12.2. The molecule has 0 bridgehead atoms. The molecule has 0 fully saturated rings. The third kappa shape index (κ3) is 4.59. The van der Waals surface area contributed by atoms with E-state index in [-0.39, 0.29) is 11.7 Å². The Kier molecular flexibility index (Phi) is 5.69. The summed E-state index contributed by atoms with van der Waals surface area (Å²) in [5, 5.41) is 2.87. The minimum Gasteiger partial charge on any atom is -0.481 e. The summed E-state index contributed by atoms with van der Waals surface area (Å²) in [5.41, 5.74) is 3.59. The molecule has 1 N–H and O–H groups in total. The summed E-state index contributed by atoms with van der Waals surface area (Å²) in [6.45, 7) is 2.30. The minimum absolute atomic E-state index is 0.149. The first-order valence-electron chi connectivity index (χ1n) is 8.96. The molecule has 0 radical (unpaired) electrons. The Morgan fingerprint density at radius 3 is 2.56 bits per heavy atom. The fourth-order valence-electron chi connectivity index (χ4n) is 3.17. The number of hydrogen-bond acceptors (Lipinski definition) is 2. The highest BCUT2D eigenvalue weighted by Crippen LogP contribution is 2.26. The highest BCUT2D eigenvalue weighted by atomic mass is 19.1. The molecule has 1 aliphatic rings. The quantitative estimate of drug-likeness (QED) is 0.856. The van der Waals surface area contributed by atoms with E-state index in [4.69, 9.17) is 4.74 Å². The van der Waals surface area contributed by atoms with Crippen LogP contribution in [-0.4, -0.2) is 12.0 Å². The van der Waals surface area contributed by atoms with Gasteiger partial charge in [0.05, 0.1) is 0 Å². The number of hydrogen-bond donors (Lipinski definition) is 1. The van der Waals surface area contributed by atoms with Gasteiger partial charge >= 0.3 is 0 Å². The molecule has 4 heteroatoms. The molecule has 3 nitrogen and oxygen atoms in total. The maximum absolute atomic E-state index is 12.9. The zero-order valence-electron chi connectivity index (χ0n) is 14.6. The van der Waals surface area contributed by atoms with Crippen LogP contribution in [0.25, 0.3) is 0 Å². The van der Waals surface area contributed by atoms with Crippen molar-refractivity contribution in [1.29, 1.82) is 0 Å². The zero-order chi connectivity index (χ0) is 17.6. The number of benzene rings is 2. The van der Waals surface area contributed by atoms with Gasteiger partial charge in [-0.05, 0) is 73.1 Å². The van der Waals surface area contributed by atoms with Crippen molar-refractivity contribution in [3.8, 4) is 5.75 Å². The van der Waals surface area contributed by atoms with E-state index in [1.54, 1.807) is 12.1 Å². The van der Waals surface area contributed by atoms with E-state index in [0.29, 0.717) is 13.0 Å². The molecule has 132 valence electrons. The predicted octanol–water partition coefficient (Wildman–Crippen LogP) is 4.18. The normalized spacial score (nSPS) is 14.5. The van der Waals surface area contributed by atoms with Crippen molar-refractivity contribution < 1.29 is 13.9 Å². The molecule has 0 saturated carbocycles. The third-order valence-electron chi connectivity index (χ3n) is 4.64. The van der Waals surface area contributed by atoms with E-state index >= 15 is 0 Å². The molecule has 2 aromatic rings. The van der Waals surface area contributed by atoms with E-state index in [2.05, 4.69) is 17.4 Å². The molecule has 0 saturated heterocycles. The van der Waals surface area contributed by atoms with Crippen LogP contribution in [0.15, 0.2) is 42.5 Å². The summed E-state index contributed by atoms with van der Waals surface area (Å²) >= 11 is 0. The van der Waals surface area contributed by atoms with E-state index in [9.17, 15) is 9.18 Å². The molecule has 1 amide bonds. The Morgan fingerprint density at radius 1 is 1.12 bits per heavy atom. The number of ether oxygens (including phenoxy) is 1. The van der Waals surface area contributed by atoms with Crippen molar-refractivity contribution >= 4 is 5.91 Å². The highest BCUT2D eigenvalue weighted by molar-refractivity contribution is 5.81. The summed E-state index contributed by atoms with van der Waals surface area (Å²) in [5.74, 6) is 0.325. The summed E-state index contributed by atoms with van der Waals surface area (Å²) in [6, 6.07) is 12.3. The average molecular weight is 341 g/mol. The predicted molar refractivity (Wildman–Crippen MR) is 96.0 cm³/mol. The van der Waals surface area contributed by atoms with Gasteiger partial charge in [0.1, 0.15) is 11.6 Å².